The molecule has 5 nitrogen and oxygen atoms in total. The maximum absolute atomic E-state index is 12.8. The molecule has 0 amide bonds. The quantitative estimate of drug-likeness (QED) is 0.551. The van der Waals surface area contributed by atoms with Crippen molar-refractivity contribution in [3.05, 3.63) is 82.6 Å². The van der Waals surface area contributed by atoms with Gasteiger partial charge in [-0.3, -0.25) is 4.79 Å². The minimum Gasteiger partial charge on any atom is -0.507 e. The van der Waals surface area contributed by atoms with Crippen molar-refractivity contribution in [3.8, 4) is 17.0 Å². The van der Waals surface area contributed by atoms with Gasteiger partial charge in [-0.2, -0.15) is 5.10 Å². The van der Waals surface area contributed by atoms with Crippen LogP contribution in [0.2, 0.25) is 5.02 Å². The Morgan fingerprint density at radius 1 is 1.15 bits per heavy atom. The maximum atomic E-state index is 12.8. The lowest BCUT2D eigenvalue weighted by Gasteiger charge is -2.07. The largest absolute Gasteiger partial charge is 0.507 e. The van der Waals surface area contributed by atoms with Gasteiger partial charge in [0.05, 0.1) is 16.8 Å². The number of hydrogen-bond donors (Lipinski definition) is 1. The summed E-state index contributed by atoms with van der Waals surface area (Å²) in [4.78, 5) is 17.1. The molecule has 0 bridgehead atoms. The van der Waals surface area contributed by atoms with Crippen LogP contribution in [-0.4, -0.2) is 25.5 Å². The third kappa shape index (κ3) is 2.82. The molecule has 4 aromatic rings. The molecule has 0 spiro atoms. The Hall–Kier alpha value is -3.18. The Balaban J connectivity index is 1.76. The number of benzene rings is 2. The van der Waals surface area contributed by atoms with Gasteiger partial charge in [-0.05, 0) is 24.6 Å². The number of hydrogen-bond acceptors (Lipinski definition) is 4. The zero-order chi connectivity index (χ0) is 18.3. The fourth-order valence-electron chi connectivity index (χ4n) is 2.75. The summed E-state index contributed by atoms with van der Waals surface area (Å²) < 4.78 is 1.56. The number of rotatable bonds is 3. The van der Waals surface area contributed by atoms with Crippen LogP contribution in [0.4, 0.5) is 0 Å². The molecule has 2 heterocycles. The molecule has 4 rings (SSSR count). The first-order valence-electron chi connectivity index (χ1n) is 7.97. The third-order valence-electron chi connectivity index (χ3n) is 4.17. The Kier molecular flexibility index (Phi) is 3.93. The second kappa shape index (κ2) is 6.28. The lowest BCUT2D eigenvalue weighted by Crippen LogP contribution is -2.05. The smallest absolute Gasteiger partial charge is 0.199 e. The molecule has 2 aromatic carbocycles. The van der Waals surface area contributed by atoms with E-state index in [4.69, 9.17) is 11.6 Å². The van der Waals surface area contributed by atoms with Crippen LogP contribution in [0, 0.1) is 6.92 Å². The van der Waals surface area contributed by atoms with Crippen molar-refractivity contribution in [2.24, 2.45) is 0 Å². The molecule has 0 saturated carbocycles. The highest BCUT2D eigenvalue weighted by atomic mass is 35.5. The minimum absolute atomic E-state index is 0.109. The Morgan fingerprint density at radius 2 is 1.92 bits per heavy atom. The number of aromatic nitrogens is 3. The van der Waals surface area contributed by atoms with Crippen molar-refractivity contribution in [2.75, 3.05) is 0 Å². The normalized spacial score (nSPS) is 11.0. The molecule has 0 saturated heterocycles. The van der Waals surface area contributed by atoms with Crippen LogP contribution in [0.5, 0.6) is 5.75 Å². The van der Waals surface area contributed by atoms with E-state index in [0.717, 1.165) is 11.3 Å². The van der Waals surface area contributed by atoms with Gasteiger partial charge >= 0.3 is 0 Å². The first kappa shape index (κ1) is 16.3. The molecule has 0 aliphatic heterocycles. The monoisotopic (exact) mass is 363 g/mol. The Morgan fingerprint density at radius 3 is 2.69 bits per heavy atom. The number of phenolic OH excluding ortho intramolecular Hbond substituents is 1. The molecule has 128 valence electrons. The zero-order valence-electron chi connectivity index (χ0n) is 13.8. The van der Waals surface area contributed by atoms with Crippen LogP contribution < -0.4 is 0 Å². The average molecular weight is 364 g/mol. The van der Waals surface area contributed by atoms with E-state index in [1.807, 2.05) is 36.4 Å². The summed E-state index contributed by atoms with van der Waals surface area (Å²) in [6, 6.07) is 14.5. The van der Waals surface area contributed by atoms with Crippen molar-refractivity contribution in [1.29, 1.82) is 0 Å². The van der Waals surface area contributed by atoms with Gasteiger partial charge in [-0.25, -0.2) is 9.50 Å². The molecule has 26 heavy (non-hydrogen) atoms. The van der Waals surface area contributed by atoms with Gasteiger partial charge in [0.15, 0.2) is 11.4 Å². The highest BCUT2D eigenvalue weighted by Gasteiger charge is 2.17. The number of aromatic hydroxyl groups is 1. The molecule has 0 atom stereocenters. The van der Waals surface area contributed by atoms with Gasteiger partial charge in [0.25, 0.3) is 0 Å². The summed E-state index contributed by atoms with van der Waals surface area (Å²) in [7, 11) is 0. The summed E-state index contributed by atoms with van der Waals surface area (Å²) in [5, 5.41) is 15.0. The lowest BCUT2D eigenvalue weighted by molar-refractivity contribution is 0.103. The number of phenols is 1. The van der Waals surface area contributed by atoms with Gasteiger partial charge in [0.2, 0.25) is 0 Å². The van der Waals surface area contributed by atoms with E-state index in [9.17, 15) is 9.90 Å². The summed E-state index contributed by atoms with van der Waals surface area (Å²) >= 11 is 6.09. The Labute approximate surface area is 154 Å². The van der Waals surface area contributed by atoms with Gasteiger partial charge in [0.1, 0.15) is 5.75 Å². The molecule has 0 unspecified atom stereocenters. The Bertz CT molecular complexity index is 1140. The van der Waals surface area contributed by atoms with Crippen LogP contribution in [0.25, 0.3) is 16.9 Å². The lowest BCUT2D eigenvalue weighted by atomic mass is 10.0. The molecule has 0 radical (unpaired) electrons. The second-order valence-electron chi connectivity index (χ2n) is 5.99. The van der Waals surface area contributed by atoms with E-state index in [0.29, 0.717) is 21.8 Å². The number of carbonyl (C=O) groups is 1. The van der Waals surface area contributed by atoms with Crippen LogP contribution in [0.15, 0.2) is 60.9 Å². The summed E-state index contributed by atoms with van der Waals surface area (Å²) in [6.07, 6.45) is 3.08. The molecule has 2 aromatic heterocycles. The summed E-state index contributed by atoms with van der Waals surface area (Å²) in [5.41, 5.74) is 3.52. The number of aryl methyl sites for hydroxylation is 1. The molecule has 1 N–H and O–H groups in total. The van der Waals surface area contributed by atoms with Crippen molar-refractivity contribution in [1.82, 2.24) is 14.6 Å². The number of carbonyl (C=O) groups excluding carboxylic acids is 1. The fourth-order valence-corrected chi connectivity index (χ4v) is 2.91. The number of fused-ring (bicyclic) bond motifs is 1. The molecular formula is C20H14ClN3O2. The van der Waals surface area contributed by atoms with Crippen molar-refractivity contribution < 1.29 is 9.90 Å². The second-order valence-corrected chi connectivity index (χ2v) is 6.40. The van der Waals surface area contributed by atoms with E-state index >= 15 is 0 Å². The van der Waals surface area contributed by atoms with Crippen LogP contribution in [-0.2, 0) is 0 Å². The van der Waals surface area contributed by atoms with E-state index in [-0.39, 0.29) is 17.1 Å². The molecule has 6 heteroatoms. The van der Waals surface area contributed by atoms with E-state index in [2.05, 4.69) is 10.1 Å². The zero-order valence-corrected chi connectivity index (χ0v) is 14.6. The standard InChI is InChI=1S/C20H14ClN3O2/c1-12-7-18(25)15(8-16(12)21)20(26)14-10-22-19-9-17(23-24(19)11-14)13-5-3-2-4-6-13/h2-11,25H,1H3. The van der Waals surface area contributed by atoms with Crippen molar-refractivity contribution in [2.45, 2.75) is 6.92 Å². The predicted octanol–water partition coefficient (Wildman–Crippen LogP) is 4.29. The predicted molar refractivity (Wildman–Crippen MR) is 99.7 cm³/mol. The van der Waals surface area contributed by atoms with E-state index in [1.54, 1.807) is 17.6 Å². The SMILES string of the molecule is Cc1cc(O)c(C(=O)c2cnc3cc(-c4ccccc4)nn3c2)cc1Cl. The first-order valence-corrected chi connectivity index (χ1v) is 8.35. The number of nitrogens with zero attached hydrogens (tertiary/aromatic N) is 3. The van der Waals surface area contributed by atoms with Crippen LogP contribution in [0.3, 0.4) is 0 Å². The minimum atomic E-state index is -0.365. The van der Waals surface area contributed by atoms with E-state index in [1.165, 1.54) is 18.3 Å². The molecule has 0 fully saturated rings. The maximum Gasteiger partial charge on any atom is 0.199 e. The highest BCUT2D eigenvalue weighted by Crippen LogP contribution is 2.28. The summed E-state index contributed by atoms with van der Waals surface area (Å²) in [6.45, 7) is 1.76. The van der Waals surface area contributed by atoms with Crippen LogP contribution >= 0.6 is 11.6 Å². The summed E-state index contributed by atoms with van der Waals surface area (Å²) in [5.74, 6) is -0.474. The number of halogens is 1. The molecule has 0 aliphatic carbocycles. The van der Waals surface area contributed by atoms with Gasteiger partial charge in [-0.1, -0.05) is 41.9 Å². The van der Waals surface area contributed by atoms with Gasteiger partial charge < -0.3 is 5.11 Å². The van der Waals surface area contributed by atoms with E-state index < -0.39 is 0 Å². The highest BCUT2D eigenvalue weighted by molar-refractivity contribution is 6.32. The first-order chi connectivity index (χ1) is 12.5. The topological polar surface area (TPSA) is 67.5 Å². The van der Waals surface area contributed by atoms with Crippen molar-refractivity contribution in [3.63, 3.8) is 0 Å². The van der Waals surface area contributed by atoms with Gasteiger partial charge in [-0.15, -0.1) is 0 Å². The third-order valence-corrected chi connectivity index (χ3v) is 4.57. The van der Waals surface area contributed by atoms with Crippen LogP contribution in [0.1, 0.15) is 21.5 Å². The van der Waals surface area contributed by atoms with Gasteiger partial charge in [0, 0.05) is 29.0 Å². The fraction of sp³-hybridized carbons (Fsp3) is 0.0500. The molecular weight excluding hydrogens is 350 g/mol. The molecule has 0 aliphatic rings. The number of ketones is 1. The average Bonchev–Trinajstić information content (AvgIpc) is 3.08. The van der Waals surface area contributed by atoms with Crippen molar-refractivity contribution >= 4 is 23.0 Å².